The van der Waals surface area contributed by atoms with E-state index in [-0.39, 0.29) is 18.2 Å². The molecule has 0 bridgehead atoms. The van der Waals surface area contributed by atoms with Gasteiger partial charge in [-0.3, -0.25) is 0 Å². The molecule has 0 saturated carbocycles. The third-order valence-corrected chi connectivity index (χ3v) is 23.8. The maximum absolute atomic E-state index is 15.2. The monoisotopic (exact) mass is 1290 g/mol. The van der Waals surface area contributed by atoms with Crippen molar-refractivity contribution in [1.82, 2.24) is 0 Å². The molecule has 0 saturated heterocycles. The first kappa shape index (κ1) is 61.0. The van der Waals surface area contributed by atoms with Gasteiger partial charge in [-0.05, 0) is 0 Å². The van der Waals surface area contributed by atoms with Crippen molar-refractivity contribution in [2.24, 2.45) is 0 Å². The Morgan fingerprint density at radius 3 is 0.615 bits per heavy atom. The van der Waals surface area contributed by atoms with Crippen molar-refractivity contribution in [3.8, 4) is 0 Å². The van der Waals surface area contributed by atoms with E-state index in [0.717, 1.165) is 0 Å². The van der Waals surface area contributed by atoms with Crippen LogP contribution in [0, 0.1) is 0 Å². The zero-order chi connectivity index (χ0) is 53.1. The van der Waals surface area contributed by atoms with E-state index in [4.69, 9.17) is 0 Å². The van der Waals surface area contributed by atoms with Gasteiger partial charge in [-0.2, -0.15) is 0 Å². The third-order valence-electron chi connectivity index (χ3n) is 7.34. The predicted molar refractivity (Wildman–Crippen MR) is 133 cm³/mol. The molecule has 0 heterocycles. The molecule has 0 aliphatic rings. The number of benzene rings is 1. The number of halogens is 36. The number of rotatable bonds is 17. The van der Waals surface area contributed by atoms with Crippen LogP contribution in [0.4, 0.5) is 158 Å². The second kappa shape index (κ2) is 16.3. The summed E-state index contributed by atoms with van der Waals surface area (Å²) >= 11 is -9.83. The Hall–Kier alpha value is -2.04. The van der Waals surface area contributed by atoms with Gasteiger partial charge < -0.3 is 0 Å². The molecule has 4 nitrogen and oxygen atoms in total. The van der Waals surface area contributed by atoms with Gasteiger partial charge in [-0.25, -0.2) is 0 Å². The van der Waals surface area contributed by atoms with Gasteiger partial charge in [0.25, 0.3) is 0 Å². The summed E-state index contributed by atoms with van der Waals surface area (Å²) in [4.78, 5) is 0. The first-order chi connectivity index (χ1) is 27.7. The second-order valence-electron chi connectivity index (χ2n) is 11.6. The fourth-order valence-corrected chi connectivity index (χ4v) is 22.0. The van der Waals surface area contributed by atoms with Gasteiger partial charge in [0.05, 0.1) is 0 Å². The van der Waals surface area contributed by atoms with Crippen LogP contribution in [-0.2, 0) is 14.3 Å². The normalized spacial score (nSPS) is 16.7. The maximum atomic E-state index is 15.2. The molecule has 0 amide bonds. The van der Waals surface area contributed by atoms with Crippen molar-refractivity contribution in [2.75, 3.05) is 0 Å². The molecule has 384 valence electrons. The molecule has 1 rings (SSSR count). The molecule has 0 N–H and O–H groups in total. The Balaban J connectivity index is 5.06. The van der Waals surface area contributed by atoms with Gasteiger partial charge >= 0.3 is 338 Å². The average molecular weight is 1290 g/mol. The molecule has 1 aromatic rings. The van der Waals surface area contributed by atoms with Crippen LogP contribution < -0.4 is 3.27 Å². The summed E-state index contributed by atoms with van der Waals surface area (Å²) in [6.45, 7) is 0. The molecule has 0 atom stereocenters. The van der Waals surface area contributed by atoms with Gasteiger partial charge in [-0.1, -0.05) is 0 Å². The average Bonchev–Trinajstić information content (AvgIpc) is 3.08. The van der Waals surface area contributed by atoms with Crippen LogP contribution in [-0.4, -0.2) is 117 Å². The molecule has 0 radical (unpaired) electrons. The van der Waals surface area contributed by atoms with Crippen LogP contribution in [0.3, 0.4) is 0 Å². The van der Waals surface area contributed by atoms with E-state index < -0.39 is 148 Å². The molecular weight excluding hydrogens is 1280 g/mol. The van der Waals surface area contributed by atoms with E-state index >= 15 is 35.1 Å². The first-order valence-corrected chi connectivity index (χ1v) is 21.8. The van der Waals surface area contributed by atoms with Crippen LogP contribution >= 0.6 is 14.7 Å². The van der Waals surface area contributed by atoms with Crippen molar-refractivity contribution in [3.63, 3.8) is 0 Å². The zero-order valence-electron chi connectivity index (χ0n) is 28.0. The zero-order valence-corrected chi connectivity index (χ0v) is 33.2. The van der Waals surface area contributed by atoms with Gasteiger partial charge in [0.1, 0.15) is 0 Å². The Labute approximate surface area is 338 Å². The quantitative estimate of drug-likeness (QED) is 0.0886. The Kier molecular flexibility index (Phi) is 15.3. The molecule has 0 aliphatic carbocycles. The Morgan fingerprint density at radius 2 is 0.462 bits per heavy atom. The molecule has 0 aliphatic heterocycles. The summed E-state index contributed by atoms with van der Waals surface area (Å²) in [5, 5.41) is 0. The molecule has 0 spiro atoms. The van der Waals surface area contributed by atoms with Crippen molar-refractivity contribution in [2.45, 2.75) is 94.7 Å². The fourth-order valence-electron chi connectivity index (χ4n) is 3.63. The molecule has 65 heavy (non-hydrogen) atoms. The number of hydrogen-bond donors (Lipinski definition) is 0. The number of hydrogen-bond acceptors (Lipinski definition) is 4. The van der Waals surface area contributed by atoms with Gasteiger partial charge in [0.2, 0.25) is 0 Å². The summed E-state index contributed by atoms with van der Waals surface area (Å²) in [6.07, 6.45) is -34.6. The van der Waals surface area contributed by atoms with E-state index in [1.807, 2.05) is 0 Å². The molecule has 1 aromatic carbocycles. The van der Waals surface area contributed by atoms with E-state index in [2.05, 4.69) is 5.20 Å². The summed E-state index contributed by atoms with van der Waals surface area (Å²) in [7, 11) is -23.2. The molecule has 0 aromatic heterocycles. The van der Waals surface area contributed by atoms with Crippen molar-refractivity contribution in [3.05, 3.63) is 30.3 Å². The summed E-state index contributed by atoms with van der Waals surface area (Å²) < 4.78 is 528. The number of alkyl halides is 36. The van der Waals surface area contributed by atoms with Crippen LogP contribution in [0.2, 0.25) is 0 Å². The van der Waals surface area contributed by atoms with Crippen LogP contribution in [0.1, 0.15) is 0 Å². The van der Waals surface area contributed by atoms with E-state index in [1.165, 1.54) is 0 Å². The van der Waals surface area contributed by atoms with Crippen molar-refractivity contribution in [1.29, 1.82) is 0 Å². The Morgan fingerprint density at radius 1 is 0.292 bits per heavy atom. The van der Waals surface area contributed by atoms with Crippen molar-refractivity contribution < 1.29 is 172 Å². The predicted octanol–water partition coefficient (Wildman–Crippen LogP) is 13.7. The minimum atomic E-state index is -11.6. The van der Waals surface area contributed by atoms with Crippen LogP contribution in [0.5, 0.6) is 0 Å². The Bertz CT molecular complexity index is 1730. The third kappa shape index (κ3) is 8.29. The van der Waals surface area contributed by atoms with Crippen LogP contribution in [0.25, 0.3) is 0 Å². The molecule has 0 fully saturated rings. The molecule has 43 heteroatoms. The minimum absolute atomic E-state index is 0.0587. The first-order valence-electron chi connectivity index (χ1n) is 13.9. The second-order valence-corrected chi connectivity index (χ2v) is 24.2. The molecule has 0 unspecified atom stereocenters. The van der Waals surface area contributed by atoms with Gasteiger partial charge in [0, 0.05) is 0 Å². The molecular formula is C22H5BiF36O4P2. The van der Waals surface area contributed by atoms with Gasteiger partial charge in [0.15, 0.2) is 0 Å². The summed E-state index contributed by atoms with van der Waals surface area (Å²) in [5.41, 5.74) is -39.4. The summed E-state index contributed by atoms with van der Waals surface area (Å²) in [6, 6.07) is -2.55. The van der Waals surface area contributed by atoms with Gasteiger partial charge in [-0.15, -0.1) is 0 Å². The fraction of sp³-hybridized carbons (Fsp3) is 0.727. The van der Waals surface area contributed by atoms with E-state index in [9.17, 15) is 132 Å². The topological polar surface area (TPSA) is 52.6 Å². The summed E-state index contributed by atoms with van der Waals surface area (Å²) in [5.74, 6) is -75.3. The van der Waals surface area contributed by atoms with E-state index in [1.54, 1.807) is 0 Å². The SMILES string of the molecule is O=P([O][Bi]([O]P(=O)(C(F)(F)C(F)(F)C(F)(F)C(F)(F)F)C(F)(F)C(F)(F)C(F)(F)C(F)(F)F)[c]1ccccc1)(C(F)(F)C(F)(F)C(F)(F)C(F)(F)F)C(F)(F)C(F)(F)C(F)(F)C(F)(F)F. The van der Waals surface area contributed by atoms with E-state index in [0.29, 0.717) is 0 Å². The van der Waals surface area contributed by atoms with Crippen molar-refractivity contribution >= 4 is 40.6 Å². The standard InChI is InChI=1S/2C8HF18O2P.C6H5.Bi/c2*9-1(10,5(17,18)19)3(13,14)7(23,24)29(27,28)8(25,26)4(15,16)2(11,12)6(20,21)22;1-2-4-6-5-3-1;/h2*(H,27,28);1-5H;/q;;;+2/p-2. The van der Waals surface area contributed by atoms with Crippen LogP contribution in [0.15, 0.2) is 30.3 Å².